The molecule has 1 heteroatoms. The van der Waals surface area contributed by atoms with E-state index in [0.29, 0.717) is 6.04 Å². The van der Waals surface area contributed by atoms with Gasteiger partial charge in [-0.25, -0.2) is 0 Å². The minimum absolute atomic E-state index is 0.261. The molecule has 3 aliphatic rings. The van der Waals surface area contributed by atoms with Crippen LogP contribution in [0.5, 0.6) is 0 Å². The molecular formula is C21H23N. The second kappa shape index (κ2) is 4.02. The molecule has 0 radical (unpaired) electrons. The summed E-state index contributed by atoms with van der Waals surface area (Å²) in [5, 5.41) is 0. The summed E-state index contributed by atoms with van der Waals surface area (Å²) in [4.78, 5) is 0. The minimum Gasteiger partial charge on any atom is -0.328 e. The Balaban J connectivity index is 1.94. The van der Waals surface area contributed by atoms with Crippen molar-refractivity contribution < 1.29 is 0 Å². The average Bonchev–Trinajstić information content (AvgIpc) is 3.01. The highest BCUT2D eigenvalue weighted by Crippen LogP contribution is 2.70. The van der Waals surface area contributed by atoms with Crippen LogP contribution in [0.2, 0.25) is 0 Å². The Hall–Kier alpha value is -1.60. The van der Waals surface area contributed by atoms with Crippen LogP contribution >= 0.6 is 0 Å². The summed E-state index contributed by atoms with van der Waals surface area (Å²) in [6.45, 7) is 2.46. The van der Waals surface area contributed by atoms with E-state index in [-0.39, 0.29) is 10.8 Å². The van der Waals surface area contributed by atoms with Crippen molar-refractivity contribution in [2.45, 2.75) is 49.5 Å². The third-order valence-corrected chi connectivity index (χ3v) is 7.03. The molecule has 2 saturated carbocycles. The Labute approximate surface area is 132 Å². The van der Waals surface area contributed by atoms with E-state index in [1.54, 1.807) is 11.1 Å². The molecule has 2 fully saturated rings. The lowest BCUT2D eigenvalue weighted by Crippen LogP contribution is -2.46. The smallest absolute Gasteiger partial charge is 0.00970 e. The van der Waals surface area contributed by atoms with Crippen LogP contribution < -0.4 is 5.73 Å². The first-order valence-corrected chi connectivity index (χ1v) is 8.64. The number of hydrogen-bond donors (Lipinski definition) is 1. The normalized spacial score (nSPS) is 38.1. The zero-order valence-corrected chi connectivity index (χ0v) is 13.2. The van der Waals surface area contributed by atoms with Crippen LogP contribution in [0.1, 0.15) is 43.7 Å². The largest absolute Gasteiger partial charge is 0.328 e. The number of fused-ring (bicyclic) bond motifs is 3. The molecule has 2 N–H and O–H groups in total. The summed E-state index contributed by atoms with van der Waals surface area (Å²) < 4.78 is 0. The van der Waals surface area contributed by atoms with Crippen molar-refractivity contribution in [3.05, 3.63) is 59.7 Å². The van der Waals surface area contributed by atoms with Crippen LogP contribution in [0.3, 0.4) is 0 Å². The number of benzene rings is 2. The minimum atomic E-state index is 0.261. The van der Waals surface area contributed by atoms with Crippen molar-refractivity contribution in [3.8, 4) is 11.1 Å². The van der Waals surface area contributed by atoms with E-state index in [9.17, 15) is 0 Å². The first kappa shape index (κ1) is 12.9. The van der Waals surface area contributed by atoms with E-state index in [2.05, 4.69) is 55.5 Å². The van der Waals surface area contributed by atoms with Crippen LogP contribution in [-0.4, -0.2) is 6.04 Å². The summed E-state index contributed by atoms with van der Waals surface area (Å²) in [5.41, 5.74) is 13.1. The summed E-state index contributed by atoms with van der Waals surface area (Å²) in [7, 11) is 0. The highest BCUT2D eigenvalue weighted by Gasteiger charge is 2.66. The Bertz CT molecular complexity index is 764. The van der Waals surface area contributed by atoms with Gasteiger partial charge in [-0.2, -0.15) is 0 Å². The predicted octanol–water partition coefficient (Wildman–Crippen LogP) is 4.39. The predicted molar refractivity (Wildman–Crippen MR) is 90.8 cm³/mol. The van der Waals surface area contributed by atoms with Crippen molar-refractivity contribution in [3.63, 3.8) is 0 Å². The zero-order valence-electron chi connectivity index (χ0n) is 13.2. The molecule has 5 rings (SSSR count). The SMILES string of the molecule is C[C@H]1CC[C@]23CC(N)C[C@]12c1ccccc1-c1ccccc13. The van der Waals surface area contributed by atoms with E-state index in [1.807, 2.05) is 0 Å². The number of rotatable bonds is 0. The van der Waals surface area contributed by atoms with Crippen molar-refractivity contribution >= 4 is 0 Å². The molecule has 0 saturated heterocycles. The first-order chi connectivity index (χ1) is 10.7. The molecule has 2 aromatic carbocycles. The van der Waals surface area contributed by atoms with Gasteiger partial charge >= 0.3 is 0 Å². The lowest BCUT2D eigenvalue weighted by molar-refractivity contribution is 0.246. The number of nitrogens with two attached hydrogens (primary N) is 1. The summed E-state index contributed by atoms with van der Waals surface area (Å²) in [6.07, 6.45) is 4.94. The number of hydrogen-bond acceptors (Lipinski definition) is 1. The maximum atomic E-state index is 6.55. The van der Waals surface area contributed by atoms with Crippen LogP contribution in [0.15, 0.2) is 48.5 Å². The van der Waals surface area contributed by atoms with Crippen LogP contribution in [0.25, 0.3) is 11.1 Å². The third kappa shape index (κ3) is 1.23. The molecule has 22 heavy (non-hydrogen) atoms. The van der Waals surface area contributed by atoms with E-state index in [1.165, 1.54) is 24.0 Å². The Morgan fingerprint density at radius 2 is 1.55 bits per heavy atom. The topological polar surface area (TPSA) is 26.0 Å². The van der Waals surface area contributed by atoms with Gasteiger partial charge in [-0.15, -0.1) is 0 Å². The summed E-state index contributed by atoms with van der Waals surface area (Å²) in [5.74, 6) is 0.718. The van der Waals surface area contributed by atoms with Gasteiger partial charge in [0.05, 0.1) is 0 Å². The highest BCUT2D eigenvalue weighted by molar-refractivity contribution is 5.79. The van der Waals surface area contributed by atoms with Crippen molar-refractivity contribution in [2.75, 3.05) is 0 Å². The molecule has 0 aromatic heterocycles. The lowest BCUT2D eigenvalue weighted by Gasteiger charge is -2.49. The van der Waals surface area contributed by atoms with Gasteiger partial charge in [-0.1, -0.05) is 55.5 Å². The quantitative estimate of drug-likeness (QED) is 0.764. The van der Waals surface area contributed by atoms with E-state index in [0.717, 1.165) is 18.8 Å². The maximum absolute atomic E-state index is 6.55. The van der Waals surface area contributed by atoms with Gasteiger partial charge in [-0.3, -0.25) is 0 Å². The molecule has 112 valence electrons. The molecule has 2 aromatic rings. The fourth-order valence-corrected chi connectivity index (χ4v) is 6.38. The van der Waals surface area contributed by atoms with Gasteiger partial charge in [0, 0.05) is 16.9 Å². The van der Waals surface area contributed by atoms with Gasteiger partial charge in [0.15, 0.2) is 0 Å². The van der Waals surface area contributed by atoms with E-state index >= 15 is 0 Å². The van der Waals surface area contributed by atoms with Gasteiger partial charge in [0.1, 0.15) is 0 Å². The molecule has 0 aliphatic heterocycles. The van der Waals surface area contributed by atoms with Crippen LogP contribution in [0.4, 0.5) is 0 Å². The molecule has 0 heterocycles. The zero-order chi connectivity index (χ0) is 14.9. The third-order valence-electron chi connectivity index (χ3n) is 7.03. The van der Waals surface area contributed by atoms with Gasteiger partial charge in [0.25, 0.3) is 0 Å². The highest BCUT2D eigenvalue weighted by atomic mass is 14.8. The van der Waals surface area contributed by atoms with Crippen LogP contribution in [0, 0.1) is 5.92 Å². The first-order valence-electron chi connectivity index (χ1n) is 8.64. The molecule has 1 unspecified atom stereocenters. The fourth-order valence-electron chi connectivity index (χ4n) is 6.38. The monoisotopic (exact) mass is 289 g/mol. The van der Waals surface area contributed by atoms with Gasteiger partial charge in [0.2, 0.25) is 0 Å². The average molecular weight is 289 g/mol. The molecule has 4 atom stereocenters. The van der Waals surface area contributed by atoms with E-state index < -0.39 is 0 Å². The molecule has 0 amide bonds. The Morgan fingerprint density at radius 1 is 0.909 bits per heavy atom. The standard InChI is InChI=1S/C21H23N/c1-14-10-11-20-12-15(22)13-21(14,20)19-9-5-3-7-17(19)16-6-2-4-8-18(16)20/h2-9,14-15H,10-13,22H2,1H3/t14-,15?,20+,21+/m0/s1. The Kier molecular flexibility index (Phi) is 2.36. The second-order valence-electron chi connectivity index (χ2n) is 7.75. The van der Waals surface area contributed by atoms with Gasteiger partial charge < -0.3 is 5.73 Å². The van der Waals surface area contributed by atoms with Crippen LogP contribution in [-0.2, 0) is 10.8 Å². The van der Waals surface area contributed by atoms with Crippen molar-refractivity contribution in [1.29, 1.82) is 0 Å². The van der Waals surface area contributed by atoms with Crippen molar-refractivity contribution in [1.82, 2.24) is 0 Å². The maximum Gasteiger partial charge on any atom is 0.00970 e. The lowest BCUT2D eigenvalue weighted by atomic mass is 9.53. The summed E-state index contributed by atoms with van der Waals surface area (Å²) in [6, 6.07) is 18.6. The Morgan fingerprint density at radius 3 is 2.32 bits per heavy atom. The molecule has 0 spiro atoms. The summed E-state index contributed by atoms with van der Waals surface area (Å²) >= 11 is 0. The van der Waals surface area contributed by atoms with Crippen molar-refractivity contribution in [2.24, 2.45) is 11.7 Å². The fraction of sp³-hybridized carbons (Fsp3) is 0.429. The van der Waals surface area contributed by atoms with E-state index in [4.69, 9.17) is 5.73 Å². The molecule has 3 aliphatic carbocycles. The molecular weight excluding hydrogens is 266 g/mol. The molecule has 0 bridgehead atoms. The molecule has 1 nitrogen and oxygen atoms in total. The second-order valence-corrected chi connectivity index (χ2v) is 7.75. The van der Waals surface area contributed by atoms with Gasteiger partial charge in [-0.05, 0) is 53.9 Å².